The van der Waals surface area contributed by atoms with Crippen molar-refractivity contribution in [3.63, 3.8) is 0 Å². The zero-order chi connectivity index (χ0) is 30.0. The highest BCUT2D eigenvalue weighted by molar-refractivity contribution is 5.88. The van der Waals surface area contributed by atoms with Gasteiger partial charge in [0.2, 0.25) is 12.3 Å². The average Bonchev–Trinajstić information content (AvgIpc) is 3.30. The van der Waals surface area contributed by atoms with E-state index in [0.29, 0.717) is 60.9 Å². The molecule has 0 saturated carbocycles. The van der Waals surface area contributed by atoms with E-state index >= 15 is 4.39 Å². The molecule has 0 spiro atoms. The number of aryl methyl sites for hydroxylation is 1. The number of carbonyl (C=O) groups excluding carboxylic acids is 1. The number of aliphatic hydroxyl groups is 1. The van der Waals surface area contributed by atoms with Gasteiger partial charge in [-0.2, -0.15) is 18.3 Å². The van der Waals surface area contributed by atoms with Crippen LogP contribution in [0, 0.1) is 11.6 Å². The normalized spacial score (nSPS) is 15.0. The largest absolute Gasteiger partial charge is 0.416 e. The Kier molecular flexibility index (Phi) is 8.13. The van der Waals surface area contributed by atoms with Gasteiger partial charge in [0.15, 0.2) is 5.82 Å². The summed E-state index contributed by atoms with van der Waals surface area (Å²) in [6.45, 7) is 2.41. The Morgan fingerprint density at radius 1 is 1.07 bits per heavy atom. The Morgan fingerprint density at radius 2 is 1.86 bits per heavy atom. The Bertz CT molecular complexity index is 1610. The third-order valence-corrected chi connectivity index (χ3v) is 6.84. The van der Waals surface area contributed by atoms with E-state index in [1.165, 1.54) is 18.5 Å². The molecule has 2 aromatic carbocycles. The van der Waals surface area contributed by atoms with Gasteiger partial charge in [0.25, 0.3) is 0 Å². The maximum Gasteiger partial charge on any atom is 0.416 e. The summed E-state index contributed by atoms with van der Waals surface area (Å²) in [5, 5.41) is 21.9. The second kappa shape index (κ2) is 11.8. The van der Waals surface area contributed by atoms with Crippen molar-refractivity contribution < 1.29 is 31.9 Å². The Balaban J connectivity index is 1.32. The van der Waals surface area contributed by atoms with Crippen LogP contribution >= 0.6 is 0 Å². The fourth-order valence-electron chi connectivity index (χ4n) is 4.84. The Labute approximate surface area is 236 Å². The van der Waals surface area contributed by atoms with Gasteiger partial charge in [-0.1, -0.05) is 6.07 Å². The highest BCUT2D eigenvalue weighted by Crippen LogP contribution is 2.34. The molecule has 222 valence electrons. The van der Waals surface area contributed by atoms with Crippen LogP contribution in [-0.2, 0) is 17.4 Å². The van der Waals surface area contributed by atoms with Crippen molar-refractivity contribution in [1.29, 1.82) is 0 Å². The molecule has 15 heteroatoms. The topological polar surface area (TPSA) is 133 Å². The van der Waals surface area contributed by atoms with Crippen LogP contribution in [0.3, 0.4) is 0 Å². The molecule has 1 aliphatic heterocycles. The molecule has 1 amide bonds. The maximum absolute atomic E-state index is 15.2. The fourth-order valence-corrected chi connectivity index (χ4v) is 4.84. The number of halogens is 5. The lowest BCUT2D eigenvalue weighted by atomic mass is 10.1. The molecule has 10 nitrogen and oxygen atoms in total. The Morgan fingerprint density at radius 3 is 2.60 bits per heavy atom. The predicted octanol–water partition coefficient (Wildman–Crippen LogP) is 3.44. The molecular formula is C27H27F5N8O2. The van der Waals surface area contributed by atoms with Crippen LogP contribution in [0.25, 0.3) is 16.6 Å². The average molecular weight is 591 g/mol. The van der Waals surface area contributed by atoms with Gasteiger partial charge in [0.05, 0.1) is 23.5 Å². The lowest BCUT2D eigenvalue weighted by molar-refractivity contribution is -0.137. The van der Waals surface area contributed by atoms with Crippen molar-refractivity contribution in [1.82, 2.24) is 24.8 Å². The minimum Gasteiger partial charge on any atom is -0.382 e. The first-order chi connectivity index (χ1) is 20.0. The third kappa shape index (κ3) is 6.36. The van der Waals surface area contributed by atoms with Crippen LogP contribution in [0.2, 0.25) is 0 Å². The van der Waals surface area contributed by atoms with Gasteiger partial charge in [-0.15, -0.1) is 0 Å². The zero-order valence-corrected chi connectivity index (χ0v) is 22.1. The summed E-state index contributed by atoms with van der Waals surface area (Å²) in [6, 6.07) is 7.60. The van der Waals surface area contributed by atoms with Crippen molar-refractivity contribution in [2.24, 2.45) is 0 Å². The number of nitrogen functional groups attached to an aromatic ring is 1. The van der Waals surface area contributed by atoms with Crippen LogP contribution < -0.4 is 21.7 Å². The summed E-state index contributed by atoms with van der Waals surface area (Å²) in [5.41, 5.74) is 6.51. The first kappa shape index (κ1) is 29.0. The third-order valence-electron chi connectivity index (χ3n) is 6.84. The lowest BCUT2D eigenvalue weighted by Crippen LogP contribution is -2.47. The van der Waals surface area contributed by atoms with Gasteiger partial charge in [0.1, 0.15) is 23.5 Å². The first-order valence-electron chi connectivity index (χ1n) is 13.0. The molecule has 0 aliphatic carbocycles. The number of carbonyl (C=O) groups is 1. The summed E-state index contributed by atoms with van der Waals surface area (Å²) in [4.78, 5) is 17.8. The molecule has 0 bridgehead atoms. The SMILES string of the molecule is Nc1ncnn2c(CCCN3CCNC(=O)C3)cc(-c3ccc(NC(O)Nc4cc(C(F)(F)F)ccc4F)c(F)c3)c12. The molecule has 0 radical (unpaired) electrons. The van der Waals surface area contributed by atoms with Gasteiger partial charge in [0, 0.05) is 24.3 Å². The number of nitrogens with one attached hydrogen (secondary N) is 3. The molecule has 2 aromatic heterocycles. The van der Waals surface area contributed by atoms with E-state index in [0.717, 1.165) is 18.7 Å². The van der Waals surface area contributed by atoms with Crippen LogP contribution in [-0.4, -0.2) is 63.0 Å². The number of piperazine rings is 1. The Hall–Kier alpha value is -4.50. The molecule has 42 heavy (non-hydrogen) atoms. The number of fused-ring (bicyclic) bond motifs is 1. The minimum absolute atomic E-state index is 0.0109. The van der Waals surface area contributed by atoms with Crippen molar-refractivity contribution >= 4 is 28.6 Å². The van der Waals surface area contributed by atoms with E-state index in [9.17, 15) is 27.5 Å². The summed E-state index contributed by atoms with van der Waals surface area (Å²) in [6.07, 6.45) is -3.88. The number of aliphatic hydroxyl groups excluding tert-OH is 1. The number of hydrogen-bond acceptors (Lipinski definition) is 8. The van der Waals surface area contributed by atoms with Crippen molar-refractivity contribution in [2.75, 3.05) is 42.5 Å². The van der Waals surface area contributed by atoms with Gasteiger partial charge in [-0.05, 0) is 61.3 Å². The fraction of sp³-hybridized carbons (Fsp3) is 0.296. The second-order valence-corrected chi connectivity index (χ2v) is 9.76. The maximum atomic E-state index is 15.2. The molecule has 1 fully saturated rings. The van der Waals surface area contributed by atoms with E-state index in [2.05, 4.69) is 30.9 Å². The van der Waals surface area contributed by atoms with Gasteiger partial charge >= 0.3 is 6.18 Å². The molecule has 4 aromatic rings. The van der Waals surface area contributed by atoms with Crippen LogP contribution in [0.1, 0.15) is 17.7 Å². The summed E-state index contributed by atoms with van der Waals surface area (Å²) in [5.74, 6) is -1.65. The number of amides is 1. The first-order valence-corrected chi connectivity index (χ1v) is 13.0. The monoisotopic (exact) mass is 590 g/mol. The van der Waals surface area contributed by atoms with Gasteiger partial charge in [-0.25, -0.2) is 18.3 Å². The lowest BCUT2D eigenvalue weighted by Gasteiger charge is -2.26. The molecule has 1 saturated heterocycles. The minimum atomic E-state index is -4.71. The number of alkyl halides is 3. The molecular weight excluding hydrogens is 563 g/mol. The molecule has 1 atom stereocenters. The number of aromatic nitrogens is 3. The van der Waals surface area contributed by atoms with Crippen molar-refractivity contribution in [3.05, 3.63) is 71.7 Å². The van der Waals surface area contributed by atoms with Crippen molar-refractivity contribution in [2.45, 2.75) is 25.4 Å². The van der Waals surface area contributed by atoms with Crippen molar-refractivity contribution in [3.8, 4) is 11.1 Å². The van der Waals surface area contributed by atoms with E-state index in [4.69, 9.17) is 5.73 Å². The summed E-state index contributed by atoms with van der Waals surface area (Å²) in [7, 11) is 0. The smallest absolute Gasteiger partial charge is 0.382 e. The van der Waals surface area contributed by atoms with Crippen LogP contribution in [0.15, 0.2) is 48.8 Å². The predicted molar refractivity (Wildman–Crippen MR) is 145 cm³/mol. The number of anilines is 3. The van der Waals surface area contributed by atoms with E-state index in [-0.39, 0.29) is 17.4 Å². The standard InChI is InChI=1S/C27H27F5N8O2/c28-19-5-4-16(27(30,31)32)11-22(19)38-26(42)37-21-6-3-15(10-20(21)29)18-12-17(40-24(18)25(33)35-14-36-40)2-1-8-39-9-7-34-23(41)13-39/h3-6,10-12,14,26,37-38,42H,1-2,7-9,13H2,(H,34,41)(H2,33,35,36). The van der Waals surface area contributed by atoms with E-state index in [1.54, 1.807) is 10.6 Å². The molecule has 6 N–H and O–H groups in total. The van der Waals surface area contributed by atoms with Crippen LogP contribution in [0.5, 0.6) is 0 Å². The van der Waals surface area contributed by atoms with E-state index < -0.39 is 35.4 Å². The second-order valence-electron chi connectivity index (χ2n) is 9.76. The highest BCUT2D eigenvalue weighted by Gasteiger charge is 2.31. The van der Waals surface area contributed by atoms with Gasteiger partial charge in [-0.3, -0.25) is 9.69 Å². The molecule has 1 unspecified atom stereocenters. The highest BCUT2D eigenvalue weighted by atomic mass is 19.4. The van der Waals surface area contributed by atoms with Crippen LogP contribution in [0.4, 0.5) is 39.1 Å². The number of benzene rings is 2. The zero-order valence-electron chi connectivity index (χ0n) is 22.1. The molecule has 1 aliphatic rings. The number of rotatable bonds is 9. The molecule has 3 heterocycles. The summed E-state index contributed by atoms with van der Waals surface area (Å²) >= 11 is 0. The summed E-state index contributed by atoms with van der Waals surface area (Å²) < 4.78 is 69.8. The number of nitrogens with two attached hydrogens (primary N) is 1. The number of hydrogen-bond donors (Lipinski definition) is 5. The molecule has 5 rings (SSSR count). The quantitative estimate of drug-likeness (QED) is 0.148. The van der Waals surface area contributed by atoms with E-state index in [1.807, 2.05) is 6.07 Å². The number of nitrogens with zero attached hydrogens (tertiary/aromatic N) is 4. The van der Waals surface area contributed by atoms with Gasteiger partial charge < -0.3 is 26.8 Å².